The van der Waals surface area contributed by atoms with Crippen molar-refractivity contribution in [3.05, 3.63) is 24.3 Å². The first-order valence-electron chi connectivity index (χ1n) is 6.14. The molecule has 1 atom stereocenters. The summed E-state index contributed by atoms with van der Waals surface area (Å²) in [5, 5.41) is 2.92. The monoisotopic (exact) mass is 266 g/mol. The van der Waals surface area contributed by atoms with E-state index in [4.69, 9.17) is 5.73 Å². The molecule has 1 unspecified atom stereocenters. The van der Waals surface area contributed by atoms with Crippen LogP contribution < -0.4 is 11.1 Å². The van der Waals surface area contributed by atoms with Crippen LogP contribution in [0.1, 0.15) is 27.7 Å². The summed E-state index contributed by atoms with van der Waals surface area (Å²) < 4.78 is 0. The normalized spacial score (nSPS) is 13.2. The van der Waals surface area contributed by atoms with Gasteiger partial charge in [0, 0.05) is 4.90 Å². The molecule has 0 aliphatic rings. The van der Waals surface area contributed by atoms with Crippen LogP contribution in [0.2, 0.25) is 0 Å². The lowest BCUT2D eigenvalue weighted by molar-refractivity contribution is -0.119. The fraction of sp³-hybridized carbons (Fsp3) is 0.500. The maximum Gasteiger partial charge on any atom is 0.241 e. The van der Waals surface area contributed by atoms with Crippen molar-refractivity contribution in [3.63, 3.8) is 0 Å². The first-order chi connectivity index (χ1) is 8.36. The Morgan fingerprint density at radius 3 is 2.56 bits per heavy atom. The minimum atomic E-state index is -0.516. The van der Waals surface area contributed by atoms with Crippen LogP contribution in [-0.4, -0.2) is 17.7 Å². The Kier molecular flexibility index (Phi) is 5.23. The molecule has 1 aromatic carbocycles. The first-order valence-corrected chi connectivity index (χ1v) is 7.13. The van der Waals surface area contributed by atoms with Crippen LogP contribution in [-0.2, 0) is 4.79 Å². The van der Waals surface area contributed by atoms with Gasteiger partial charge in [0.05, 0.1) is 11.7 Å². The Bertz CT molecular complexity index is 413. The molecule has 4 heteroatoms. The molecule has 0 heterocycles. The number of nitrogens with two attached hydrogens (primary N) is 1. The molecule has 0 spiro atoms. The molecule has 18 heavy (non-hydrogen) atoms. The standard InChI is InChI=1S/C14H22N2OS/c1-5-18-11-9-7-6-8-10(11)16-13(17)12(15)14(2,3)4/h6-9,12H,5,15H2,1-4H3,(H,16,17). The van der Waals surface area contributed by atoms with Crippen molar-refractivity contribution in [1.29, 1.82) is 0 Å². The van der Waals surface area contributed by atoms with Crippen LogP contribution in [0, 0.1) is 5.41 Å². The van der Waals surface area contributed by atoms with Crippen molar-refractivity contribution in [3.8, 4) is 0 Å². The molecule has 0 bridgehead atoms. The summed E-state index contributed by atoms with van der Waals surface area (Å²) in [7, 11) is 0. The van der Waals surface area contributed by atoms with E-state index in [1.807, 2.05) is 45.0 Å². The lowest BCUT2D eigenvalue weighted by Crippen LogP contribution is -2.45. The van der Waals surface area contributed by atoms with Gasteiger partial charge >= 0.3 is 0 Å². The van der Waals surface area contributed by atoms with E-state index in [2.05, 4.69) is 12.2 Å². The number of carbonyl (C=O) groups is 1. The molecule has 3 N–H and O–H groups in total. The molecule has 0 radical (unpaired) electrons. The highest BCUT2D eigenvalue weighted by Gasteiger charge is 2.27. The van der Waals surface area contributed by atoms with Crippen LogP contribution in [0.15, 0.2) is 29.2 Å². The molecular formula is C14H22N2OS. The van der Waals surface area contributed by atoms with E-state index < -0.39 is 6.04 Å². The SMILES string of the molecule is CCSc1ccccc1NC(=O)C(N)C(C)(C)C. The van der Waals surface area contributed by atoms with Gasteiger partial charge < -0.3 is 11.1 Å². The number of hydrogen-bond acceptors (Lipinski definition) is 3. The van der Waals surface area contributed by atoms with Crippen molar-refractivity contribution < 1.29 is 4.79 Å². The second-order valence-corrected chi connectivity index (χ2v) is 6.57. The maximum absolute atomic E-state index is 12.1. The zero-order valence-corrected chi connectivity index (χ0v) is 12.3. The zero-order valence-electron chi connectivity index (χ0n) is 11.5. The average molecular weight is 266 g/mol. The third kappa shape index (κ3) is 4.03. The van der Waals surface area contributed by atoms with Gasteiger partial charge in [0.15, 0.2) is 0 Å². The molecule has 3 nitrogen and oxygen atoms in total. The second-order valence-electron chi connectivity index (χ2n) is 5.26. The van der Waals surface area contributed by atoms with Crippen LogP contribution in [0.25, 0.3) is 0 Å². The fourth-order valence-electron chi connectivity index (χ4n) is 1.46. The fourth-order valence-corrected chi connectivity index (χ4v) is 2.22. The molecule has 0 aromatic heterocycles. The number of rotatable bonds is 4. The van der Waals surface area contributed by atoms with Crippen LogP contribution in [0.3, 0.4) is 0 Å². The van der Waals surface area contributed by atoms with Gasteiger partial charge in [-0.15, -0.1) is 11.8 Å². The topological polar surface area (TPSA) is 55.1 Å². The first kappa shape index (κ1) is 15.1. The third-order valence-electron chi connectivity index (χ3n) is 2.66. The van der Waals surface area contributed by atoms with Gasteiger partial charge in [0.25, 0.3) is 0 Å². The van der Waals surface area contributed by atoms with Crippen molar-refractivity contribution in [2.24, 2.45) is 11.1 Å². The Hall–Kier alpha value is -1.00. The van der Waals surface area contributed by atoms with E-state index in [-0.39, 0.29) is 11.3 Å². The summed E-state index contributed by atoms with van der Waals surface area (Å²) in [5.41, 5.74) is 6.55. The quantitative estimate of drug-likeness (QED) is 0.823. The highest BCUT2D eigenvalue weighted by atomic mass is 32.2. The highest BCUT2D eigenvalue weighted by molar-refractivity contribution is 7.99. The third-order valence-corrected chi connectivity index (χ3v) is 3.62. The van der Waals surface area contributed by atoms with E-state index in [0.29, 0.717) is 0 Å². The van der Waals surface area contributed by atoms with E-state index in [1.165, 1.54) is 0 Å². The minimum Gasteiger partial charge on any atom is -0.324 e. The summed E-state index contributed by atoms with van der Waals surface area (Å²) in [6.45, 7) is 7.97. The van der Waals surface area contributed by atoms with Crippen molar-refractivity contribution in [1.82, 2.24) is 0 Å². The predicted molar refractivity (Wildman–Crippen MR) is 78.9 cm³/mol. The predicted octanol–water partition coefficient (Wildman–Crippen LogP) is 3.11. The molecule has 0 saturated carbocycles. The number of hydrogen-bond donors (Lipinski definition) is 2. The smallest absolute Gasteiger partial charge is 0.241 e. The summed E-state index contributed by atoms with van der Waals surface area (Å²) in [4.78, 5) is 13.1. The number of amides is 1. The summed E-state index contributed by atoms with van der Waals surface area (Å²) in [6, 6.07) is 7.28. The molecule has 1 aromatic rings. The molecule has 1 rings (SSSR count). The largest absolute Gasteiger partial charge is 0.324 e. The van der Waals surface area contributed by atoms with Crippen molar-refractivity contribution in [2.75, 3.05) is 11.1 Å². The molecule has 100 valence electrons. The maximum atomic E-state index is 12.1. The van der Waals surface area contributed by atoms with Crippen molar-refractivity contribution >= 4 is 23.4 Å². The van der Waals surface area contributed by atoms with Gasteiger partial charge in [-0.2, -0.15) is 0 Å². The van der Waals surface area contributed by atoms with Gasteiger partial charge in [-0.1, -0.05) is 39.8 Å². The average Bonchev–Trinajstić information content (AvgIpc) is 2.29. The highest BCUT2D eigenvalue weighted by Crippen LogP contribution is 2.27. The van der Waals surface area contributed by atoms with Crippen LogP contribution >= 0.6 is 11.8 Å². The lowest BCUT2D eigenvalue weighted by Gasteiger charge is -2.26. The Labute approximate surface area is 114 Å². The Balaban J connectivity index is 2.82. The molecule has 1 amide bonds. The summed E-state index contributed by atoms with van der Waals surface area (Å²) in [6.07, 6.45) is 0. The number of carbonyl (C=O) groups excluding carboxylic acids is 1. The molecule has 0 aliphatic carbocycles. The number of nitrogens with one attached hydrogen (secondary N) is 1. The van der Waals surface area contributed by atoms with Gasteiger partial charge in [-0.25, -0.2) is 0 Å². The van der Waals surface area contributed by atoms with Gasteiger partial charge in [-0.3, -0.25) is 4.79 Å². The number of para-hydroxylation sites is 1. The summed E-state index contributed by atoms with van der Waals surface area (Å²) in [5.74, 6) is 0.838. The van der Waals surface area contributed by atoms with Gasteiger partial charge in [0.2, 0.25) is 5.91 Å². The molecular weight excluding hydrogens is 244 g/mol. The van der Waals surface area contributed by atoms with Crippen molar-refractivity contribution in [2.45, 2.75) is 38.6 Å². The second kappa shape index (κ2) is 6.25. The van der Waals surface area contributed by atoms with Gasteiger partial charge in [0.1, 0.15) is 0 Å². The van der Waals surface area contributed by atoms with Gasteiger partial charge in [-0.05, 0) is 23.3 Å². The van der Waals surface area contributed by atoms with E-state index in [9.17, 15) is 4.79 Å². The van der Waals surface area contributed by atoms with Crippen LogP contribution in [0.4, 0.5) is 5.69 Å². The number of benzene rings is 1. The Morgan fingerprint density at radius 2 is 2.00 bits per heavy atom. The number of thioether (sulfide) groups is 1. The van der Waals surface area contributed by atoms with E-state index in [0.717, 1.165) is 16.3 Å². The lowest BCUT2D eigenvalue weighted by atomic mass is 9.87. The zero-order chi connectivity index (χ0) is 13.8. The molecule has 0 saturated heterocycles. The Morgan fingerprint density at radius 1 is 1.39 bits per heavy atom. The van der Waals surface area contributed by atoms with Crippen LogP contribution in [0.5, 0.6) is 0 Å². The minimum absolute atomic E-state index is 0.133. The van der Waals surface area contributed by atoms with E-state index in [1.54, 1.807) is 11.8 Å². The summed E-state index contributed by atoms with van der Waals surface area (Å²) >= 11 is 1.71. The molecule has 0 aliphatic heterocycles. The molecule has 0 fully saturated rings. The number of anilines is 1. The van der Waals surface area contributed by atoms with E-state index >= 15 is 0 Å².